The van der Waals surface area contributed by atoms with Gasteiger partial charge in [0.05, 0.1) is 0 Å². The minimum absolute atomic E-state index is 0.353. The Hall–Kier alpha value is -3.01. The molecule has 0 fully saturated rings. The van der Waals surface area contributed by atoms with E-state index >= 15 is 0 Å². The summed E-state index contributed by atoms with van der Waals surface area (Å²) in [6.45, 7) is 0. The molecule has 0 radical (unpaired) electrons. The lowest BCUT2D eigenvalue weighted by atomic mass is 10.1. The Balaban J connectivity index is 1.56. The van der Waals surface area contributed by atoms with Gasteiger partial charge < -0.3 is 10.1 Å². The molecule has 0 aliphatic rings. The number of amides is 1. The molecule has 0 aliphatic carbocycles. The number of hydrogen-bond donors (Lipinski definition) is 2. The molecule has 0 saturated heterocycles. The minimum atomic E-state index is -4.75. The van der Waals surface area contributed by atoms with Gasteiger partial charge in [0.25, 0.3) is 5.91 Å². The van der Waals surface area contributed by atoms with E-state index in [4.69, 9.17) is 0 Å². The fourth-order valence-electron chi connectivity index (χ4n) is 2.11. The summed E-state index contributed by atoms with van der Waals surface area (Å²) in [5.41, 5.74) is 1.79. The molecule has 0 unspecified atom stereocenters. The normalized spacial score (nSPS) is 11.2. The summed E-state index contributed by atoms with van der Waals surface area (Å²) in [5.74, 6) is -0.0550. The summed E-state index contributed by atoms with van der Waals surface area (Å²) in [5, 5.41) is 9.83. The maximum absolute atomic E-state index is 12.2. The van der Waals surface area contributed by atoms with E-state index in [9.17, 15) is 18.0 Å². The zero-order valence-corrected chi connectivity index (χ0v) is 14.5. The van der Waals surface area contributed by atoms with Crippen LogP contribution in [0.2, 0.25) is 0 Å². The van der Waals surface area contributed by atoms with Crippen molar-refractivity contribution in [2.75, 3.05) is 5.32 Å². The summed E-state index contributed by atoms with van der Waals surface area (Å²) >= 11 is 1.48. The number of aromatic amines is 1. The molecule has 0 aliphatic heterocycles. The van der Waals surface area contributed by atoms with Gasteiger partial charge in [-0.15, -0.1) is 13.2 Å². The highest BCUT2D eigenvalue weighted by Gasteiger charge is 2.30. The van der Waals surface area contributed by atoms with E-state index in [1.807, 2.05) is 12.1 Å². The van der Waals surface area contributed by atoms with Crippen LogP contribution in [-0.2, 0) is 5.75 Å². The molecule has 1 amide bonds. The van der Waals surface area contributed by atoms with Gasteiger partial charge in [0, 0.05) is 17.0 Å². The Morgan fingerprint density at radius 3 is 2.41 bits per heavy atom. The van der Waals surface area contributed by atoms with E-state index in [1.165, 1.54) is 30.2 Å². The highest BCUT2D eigenvalue weighted by atomic mass is 32.2. The van der Waals surface area contributed by atoms with Crippen LogP contribution in [0.15, 0.2) is 60.0 Å². The summed E-state index contributed by atoms with van der Waals surface area (Å²) in [6, 6.07) is 11.9. The fourth-order valence-corrected chi connectivity index (χ4v) is 2.85. The van der Waals surface area contributed by atoms with Gasteiger partial charge in [-0.25, -0.2) is 4.98 Å². The predicted molar refractivity (Wildman–Crippen MR) is 93.5 cm³/mol. The number of benzene rings is 2. The van der Waals surface area contributed by atoms with E-state index in [1.54, 1.807) is 12.1 Å². The first-order valence-corrected chi connectivity index (χ1v) is 8.62. The molecule has 6 nitrogen and oxygen atoms in total. The molecule has 0 spiro atoms. The van der Waals surface area contributed by atoms with E-state index < -0.39 is 6.36 Å². The van der Waals surface area contributed by atoms with E-state index in [0.29, 0.717) is 22.2 Å². The standard InChI is InChI=1S/C17H13F3N4O2S/c18-17(19,20)26-14-7-5-13(6-8-14)23-15(25)12-3-1-11(2-4-12)9-27-16-21-10-22-24-16/h1-8,10H,9H2,(H,23,25)(H,21,22,24). The van der Waals surface area contributed by atoms with Crippen LogP contribution in [0.5, 0.6) is 5.75 Å². The fraction of sp³-hybridized carbons (Fsp3) is 0.118. The molecule has 2 N–H and O–H groups in total. The number of H-pyrrole nitrogens is 1. The van der Waals surface area contributed by atoms with Crippen LogP contribution in [0.1, 0.15) is 15.9 Å². The van der Waals surface area contributed by atoms with Crippen LogP contribution in [0.25, 0.3) is 0 Å². The number of ether oxygens (including phenoxy) is 1. The third-order valence-electron chi connectivity index (χ3n) is 3.33. The van der Waals surface area contributed by atoms with Gasteiger partial charge in [0.1, 0.15) is 12.1 Å². The van der Waals surface area contributed by atoms with Crippen molar-refractivity contribution in [1.82, 2.24) is 15.2 Å². The van der Waals surface area contributed by atoms with Crippen LogP contribution in [0.3, 0.4) is 0 Å². The number of halogens is 3. The quantitative estimate of drug-likeness (QED) is 0.611. The lowest BCUT2D eigenvalue weighted by Gasteiger charge is -2.10. The van der Waals surface area contributed by atoms with Crippen molar-refractivity contribution in [1.29, 1.82) is 0 Å². The summed E-state index contributed by atoms with van der Waals surface area (Å²) < 4.78 is 40.2. The first-order chi connectivity index (χ1) is 12.9. The zero-order valence-electron chi connectivity index (χ0n) is 13.7. The Morgan fingerprint density at radius 1 is 1.11 bits per heavy atom. The first-order valence-electron chi connectivity index (χ1n) is 7.63. The first kappa shape index (κ1) is 18.8. The van der Waals surface area contributed by atoms with Crippen molar-refractivity contribution in [3.05, 3.63) is 66.0 Å². The van der Waals surface area contributed by atoms with Crippen LogP contribution < -0.4 is 10.1 Å². The molecule has 0 bridgehead atoms. The molecular weight excluding hydrogens is 381 g/mol. The highest BCUT2D eigenvalue weighted by Crippen LogP contribution is 2.24. The van der Waals surface area contributed by atoms with Gasteiger partial charge in [-0.2, -0.15) is 5.10 Å². The topological polar surface area (TPSA) is 79.9 Å². The van der Waals surface area contributed by atoms with Crippen molar-refractivity contribution >= 4 is 23.4 Å². The molecule has 3 aromatic rings. The van der Waals surface area contributed by atoms with Gasteiger partial charge in [0.15, 0.2) is 5.16 Å². The Kier molecular flexibility index (Phi) is 5.65. The molecule has 10 heteroatoms. The van der Waals surface area contributed by atoms with Crippen molar-refractivity contribution < 1.29 is 22.7 Å². The van der Waals surface area contributed by atoms with Crippen LogP contribution >= 0.6 is 11.8 Å². The minimum Gasteiger partial charge on any atom is -0.406 e. The molecule has 140 valence electrons. The Bertz CT molecular complexity index is 882. The van der Waals surface area contributed by atoms with Gasteiger partial charge in [-0.3, -0.25) is 9.89 Å². The maximum atomic E-state index is 12.2. The van der Waals surface area contributed by atoms with Crippen molar-refractivity contribution in [3.63, 3.8) is 0 Å². The molecule has 1 aromatic heterocycles. The largest absolute Gasteiger partial charge is 0.573 e. The van der Waals surface area contributed by atoms with Gasteiger partial charge in [-0.1, -0.05) is 23.9 Å². The second kappa shape index (κ2) is 8.12. The average Bonchev–Trinajstić information content (AvgIpc) is 3.14. The van der Waals surface area contributed by atoms with Crippen LogP contribution in [-0.4, -0.2) is 27.5 Å². The number of thioether (sulfide) groups is 1. The van der Waals surface area contributed by atoms with Crippen LogP contribution in [0, 0.1) is 0 Å². The molecular formula is C17H13F3N4O2S. The Labute approximate surface area is 156 Å². The number of nitrogens with one attached hydrogen (secondary N) is 2. The zero-order chi connectivity index (χ0) is 19.3. The van der Waals surface area contributed by atoms with Gasteiger partial charge in [0.2, 0.25) is 0 Å². The number of rotatable bonds is 6. The second-order valence-corrected chi connectivity index (χ2v) is 6.27. The van der Waals surface area contributed by atoms with Crippen molar-refractivity contribution in [2.45, 2.75) is 17.3 Å². The van der Waals surface area contributed by atoms with E-state index in [0.717, 1.165) is 17.7 Å². The number of anilines is 1. The summed E-state index contributed by atoms with van der Waals surface area (Å²) in [7, 11) is 0. The summed E-state index contributed by atoms with van der Waals surface area (Å²) in [6.07, 6.45) is -3.32. The SMILES string of the molecule is O=C(Nc1ccc(OC(F)(F)F)cc1)c1ccc(CSc2ncn[nH]2)cc1. The van der Waals surface area contributed by atoms with Crippen molar-refractivity contribution in [3.8, 4) is 5.75 Å². The number of carbonyl (C=O) groups excluding carboxylic acids is 1. The third-order valence-corrected chi connectivity index (χ3v) is 4.28. The number of hydrogen-bond acceptors (Lipinski definition) is 5. The third kappa shape index (κ3) is 5.74. The van der Waals surface area contributed by atoms with Crippen LogP contribution in [0.4, 0.5) is 18.9 Å². The number of alkyl halides is 3. The van der Waals surface area contributed by atoms with E-state index in [2.05, 4.69) is 25.2 Å². The lowest BCUT2D eigenvalue weighted by Crippen LogP contribution is -2.17. The lowest BCUT2D eigenvalue weighted by molar-refractivity contribution is -0.274. The van der Waals surface area contributed by atoms with Gasteiger partial charge in [-0.05, 0) is 42.0 Å². The summed E-state index contributed by atoms with van der Waals surface area (Å²) in [4.78, 5) is 16.2. The average molecular weight is 394 g/mol. The molecule has 3 rings (SSSR count). The second-order valence-electron chi connectivity index (χ2n) is 5.30. The molecule has 2 aromatic carbocycles. The predicted octanol–water partition coefficient (Wildman–Crippen LogP) is 4.25. The molecule has 0 atom stereocenters. The monoisotopic (exact) mass is 394 g/mol. The maximum Gasteiger partial charge on any atom is 0.573 e. The molecule has 0 saturated carbocycles. The molecule has 27 heavy (non-hydrogen) atoms. The van der Waals surface area contributed by atoms with E-state index in [-0.39, 0.29) is 11.7 Å². The van der Waals surface area contributed by atoms with Crippen molar-refractivity contribution in [2.24, 2.45) is 0 Å². The number of aromatic nitrogens is 3. The number of nitrogens with zero attached hydrogens (tertiary/aromatic N) is 2. The molecule has 1 heterocycles. The highest BCUT2D eigenvalue weighted by molar-refractivity contribution is 7.98. The smallest absolute Gasteiger partial charge is 0.406 e. The van der Waals surface area contributed by atoms with Gasteiger partial charge >= 0.3 is 6.36 Å². The number of carbonyl (C=O) groups is 1. The Morgan fingerprint density at radius 2 is 1.81 bits per heavy atom.